The Morgan fingerprint density at radius 2 is 2.15 bits per heavy atom. The summed E-state index contributed by atoms with van der Waals surface area (Å²) in [6.45, 7) is 11.6. The Morgan fingerprint density at radius 1 is 1.30 bits per heavy atom. The Balaban J connectivity index is 1.81. The number of nitrogens with one attached hydrogen (secondary N) is 1. The zero-order chi connectivity index (χ0) is 14.4. The van der Waals surface area contributed by atoms with Crippen LogP contribution < -0.4 is 5.32 Å². The molecule has 2 saturated heterocycles. The number of nitrogens with zero attached hydrogens (tertiary/aromatic N) is 1. The minimum absolute atomic E-state index is 0.526. The average Bonchev–Trinajstić information content (AvgIpc) is 2.52. The molecule has 2 fully saturated rings. The largest absolute Gasteiger partial charge is 0.378 e. The van der Waals surface area contributed by atoms with Crippen molar-refractivity contribution in [3.8, 4) is 0 Å². The quantitative estimate of drug-likeness (QED) is 0.810. The van der Waals surface area contributed by atoms with Crippen molar-refractivity contribution in [3.05, 3.63) is 0 Å². The van der Waals surface area contributed by atoms with Gasteiger partial charge >= 0.3 is 0 Å². The van der Waals surface area contributed by atoms with Gasteiger partial charge in [0.2, 0.25) is 0 Å². The van der Waals surface area contributed by atoms with Crippen molar-refractivity contribution in [1.29, 1.82) is 0 Å². The molecule has 0 aromatic heterocycles. The summed E-state index contributed by atoms with van der Waals surface area (Å²) in [5.74, 6) is 0.779. The van der Waals surface area contributed by atoms with Gasteiger partial charge in [0.25, 0.3) is 0 Å². The van der Waals surface area contributed by atoms with E-state index in [-0.39, 0.29) is 0 Å². The molecule has 3 nitrogen and oxygen atoms in total. The molecule has 0 aromatic rings. The lowest BCUT2D eigenvalue weighted by Gasteiger charge is -2.42. The van der Waals surface area contributed by atoms with Gasteiger partial charge in [0, 0.05) is 38.3 Å². The van der Waals surface area contributed by atoms with Crippen LogP contribution in [0.25, 0.3) is 0 Å². The van der Waals surface area contributed by atoms with Crippen LogP contribution in [-0.2, 0) is 4.74 Å². The molecule has 1 N–H and O–H groups in total. The van der Waals surface area contributed by atoms with Crippen LogP contribution in [0.3, 0.4) is 0 Å². The lowest BCUT2D eigenvalue weighted by Crippen LogP contribution is -2.58. The molecule has 0 aliphatic carbocycles. The molecule has 0 aromatic carbocycles. The van der Waals surface area contributed by atoms with Crippen LogP contribution in [0.1, 0.15) is 59.3 Å². The first kappa shape index (κ1) is 16.3. The maximum atomic E-state index is 5.89. The van der Waals surface area contributed by atoms with Crippen LogP contribution >= 0.6 is 0 Å². The highest BCUT2D eigenvalue weighted by atomic mass is 16.5. The van der Waals surface area contributed by atoms with Crippen molar-refractivity contribution < 1.29 is 4.74 Å². The second-order valence-corrected chi connectivity index (χ2v) is 6.73. The fourth-order valence-electron chi connectivity index (χ4n) is 3.57. The van der Waals surface area contributed by atoms with Gasteiger partial charge in [0.05, 0.1) is 6.10 Å². The molecule has 3 heteroatoms. The van der Waals surface area contributed by atoms with Gasteiger partial charge in [-0.1, -0.05) is 27.2 Å². The van der Waals surface area contributed by atoms with Crippen molar-refractivity contribution in [2.75, 3.05) is 26.2 Å². The number of rotatable bonds is 6. The second kappa shape index (κ2) is 8.35. The highest BCUT2D eigenvalue weighted by Gasteiger charge is 2.29. The molecule has 2 rings (SSSR count). The Bertz CT molecular complexity index is 266. The summed E-state index contributed by atoms with van der Waals surface area (Å²) in [7, 11) is 0. The Labute approximate surface area is 125 Å². The van der Waals surface area contributed by atoms with E-state index < -0.39 is 0 Å². The van der Waals surface area contributed by atoms with Gasteiger partial charge in [0.15, 0.2) is 0 Å². The van der Waals surface area contributed by atoms with E-state index in [4.69, 9.17) is 4.74 Å². The SMILES string of the molecule is CCC(C)C1CN(CCC2CCCCO2)C(CC)CN1. The molecule has 4 atom stereocenters. The van der Waals surface area contributed by atoms with Gasteiger partial charge in [-0.3, -0.25) is 4.90 Å². The zero-order valence-corrected chi connectivity index (χ0v) is 13.7. The first-order valence-corrected chi connectivity index (χ1v) is 8.83. The van der Waals surface area contributed by atoms with Crippen molar-refractivity contribution in [2.45, 2.75) is 77.5 Å². The molecule has 20 heavy (non-hydrogen) atoms. The van der Waals surface area contributed by atoms with Crippen molar-refractivity contribution in [1.82, 2.24) is 10.2 Å². The predicted molar refractivity (Wildman–Crippen MR) is 85.1 cm³/mol. The van der Waals surface area contributed by atoms with Crippen LogP contribution in [0.15, 0.2) is 0 Å². The first-order valence-electron chi connectivity index (χ1n) is 8.83. The van der Waals surface area contributed by atoms with E-state index in [1.165, 1.54) is 51.6 Å². The maximum Gasteiger partial charge on any atom is 0.0587 e. The maximum absolute atomic E-state index is 5.89. The van der Waals surface area contributed by atoms with E-state index in [9.17, 15) is 0 Å². The van der Waals surface area contributed by atoms with Gasteiger partial charge < -0.3 is 10.1 Å². The minimum atomic E-state index is 0.526. The molecule has 0 saturated carbocycles. The van der Waals surface area contributed by atoms with E-state index in [1.807, 2.05) is 0 Å². The van der Waals surface area contributed by atoms with Gasteiger partial charge in [-0.15, -0.1) is 0 Å². The molecule has 2 aliphatic heterocycles. The minimum Gasteiger partial charge on any atom is -0.378 e. The molecule has 0 spiro atoms. The van der Waals surface area contributed by atoms with Gasteiger partial charge in [-0.25, -0.2) is 0 Å². The van der Waals surface area contributed by atoms with Crippen LogP contribution in [-0.4, -0.2) is 49.3 Å². The van der Waals surface area contributed by atoms with Crippen LogP contribution in [0.4, 0.5) is 0 Å². The van der Waals surface area contributed by atoms with E-state index in [0.29, 0.717) is 12.1 Å². The molecule has 4 unspecified atom stereocenters. The zero-order valence-electron chi connectivity index (χ0n) is 13.7. The number of piperazine rings is 1. The van der Waals surface area contributed by atoms with Gasteiger partial charge in [-0.05, 0) is 38.0 Å². The van der Waals surface area contributed by atoms with Gasteiger partial charge in [-0.2, -0.15) is 0 Å². The predicted octanol–water partition coefficient (Wildman–Crippen LogP) is 3.04. The number of hydrogen-bond donors (Lipinski definition) is 1. The highest BCUT2D eigenvalue weighted by molar-refractivity contribution is 4.88. The first-order chi connectivity index (χ1) is 9.74. The van der Waals surface area contributed by atoms with Gasteiger partial charge in [0.1, 0.15) is 0 Å². The molecule has 0 bridgehead atoms. The third kappa shape index (κ3) is 4.44. The molecule has 0 radical (unpaired) electrons. The summed E-state index contributed by atoms with van der Waals surface area (Å²) in [5, 5.41) is 3.77. The number of hydrogen-bond acceptors (Lipinski definition) is 3. The normalized spacial score (nSPS) is 34.0. The third-order valence-corrected chi connectivity index (χ3v) is 5.38. The Hall–Kier alpha value is -0.120. The number of ether oxygens (including phenoxy) is 1. The van der Waals surface area contributed by atoms with E-state index in [0.717, 1.165) is 25.1 Å². The van der Waals surface area contributed by atoms with Crippen LogP contribution in [0.2, 0.25) is 0 Å². The molecule has 118 valence electrons. The molecule has 2 heterocycles. The summed E-state index contributed by atoms with van der Waals surface area (Å²) in [6, 6.07) is 1.40. The second-order valence-electron chi connectivity index (χ2n) is 6.73. The molecular formula is C17H34N2O. The summed E-state index contributed by atoms with van der Waals surface area (Å²) in [5.41, 5.74) is 0. The highest BCUT2D eigenvalue weighted by Crippen LogP contribution is 2.20. The van der Waals surface area contributed by atoms with Crippen molar-refractivity contribution in [3.63, 3.8) is 0 Å². The summed E-state index contributed by atoms with van der Waals surface area (Å²) in [6.07, 6.45) is 8.18. The smallest absolute Gasteiger partial charge is 0.0587 e. The lowest BCUT2D eigenvalue weighted by atomic mass is 9.94. The fourth-order valence-corrected chi connectivity index (χ4v) is 3.57. The summed E-state index contributed by atoms with van der Waals surface area (Å²) >= 11 is 0. The topological polar surface area (TPSA) is 24.5 Å². The van der Waals surface area contributed by atoms with Crippen molar-refractivity contribution >= 4 is 0 Å². The Kier molecular flexibility index (Phi) is 6.79. The summed E-state index contributed by atoms with van der Waals surface area (Å²) in [4.78, 5) is 2.73. The third-order valence-electron chi connectivity index (χ3n) is 5.38. The van der Waals surface area contributed by atoms with E-state index in [1.54, 1.807) is 0 Å². The molecule has 2 aliphatic rings. The molecular weight excluding hydrogens is 248 g/mol. The van der Waals surface area contributed by atoms with Crippen LogP contribution in [0, 0.1) is 5.92 Å². The Morgan fingerprint density at radius 3 is 2.80 bits per heavy atom. The molecule has 0 amide bonds. The summed E-state index contributed by atoms with van der Waals surface area (Å²) < 4.78 is 5.89. The van der Waals surface area contributed by atoms with E-state index in [2.05, 4.69) is 31.0 Å². The fraction of sp³-hybridized carbons (Fsp3) is 1.00. The average molecular weight is 282 g/mol. The van der Waals surface area contributed by atoms with Crippen molar-refractivity contribution in [2.24, 2.45) is 5.92 Å². The standard InChI is InChI=1S/C17H34N2O/c1-4-14(3)17-13-19(15(5-2)12-18-17)10-9-16-8-6-7-11-20-16/h14-18H,4-13H2,1-3H3. The van der Waals surface area contributed by atoms with E-state index >= 15 is 0 Å². The van der Waals surface area contributed by atoms with Crippen LogP contribution in [0.5, 0.6) is 0 Å². The monoisotopic (exact) mass is 282 g/mol. The lowest BCUT2D eigenvalue weighted by molar-refractivity contribution is -0.00154.